The lowest BCUT2D eigenvalue weighted by Gasteiger charge is -2.45. The summed E-state index contributed by atoms with van der Waals surface area (Å²) in [5.41, 5.74) is 27.4. The first-order chi connectivity index (χ1) is 37.2. The Bertz CT molecular complexity index is 3880. The van der Waals surface area contributed by atoms with Crippen molar-refractivity contribution in [2.75, 3.05) is 14.7 Å². The van der Waals surface area contributed by atoms with Crippen LogP contribution in [0.5, 0.6) is 0 Å². The Kier molecular flexibility index (Phi) is 9.57. The zero-order valence-electron chi connectivity index (χ0n) is 43.2. The van der Waals surface area contributed by atoms with E-state index < -0.39 is 5.41 Å². The fourth-order valence-electron chi connectivity index (χ4n) is 14.0. The van der Waals surface area contributed by atoms with E-state index in [9.17, 15) is 0 Å². The summed E-state index contributed by atoms with van der Waals surface area (Å²) in [5, 5.41) is 0. The lowest BCUT2D eigenvalue weighted by Crippen LogP contribution is -2.36. The van der Waals surface area contributed by atoms with E-state index in [2.05, 4.69) is 303 Å². The first kappa shape index (κ1) is 44.3. The number of para-hydroxylation sites is 5. The van der Waals surface area contributed by atoms with Crippen LogP contribution in [-0.2, 0) is 16.2 Å². The van der Waals surface area contributed by atoms with Gasteiger partial charge in [-0.1, -0.05) is 191 Å². The first-order valence-electron chi connectivity index (χ1n) is 26.8. The van der Waals surface area contributed by atoms with Gasteiger partial charge in [-0.3, -0.25) is 0 Å². The molecule has 0 atom stereocenters. The number of nitrogens with zero attached hydrogens (tertiary/aromatic N) is 3. The Morgan fingerprint density at radius 2 is 0.553 bits per heavy atom. The van der Waals surface area contributed by atoms with Crippen molar-refractivity contribution in [3.8, 4) is 33.4 Å². The van der Waals surface area contributed by atoms with Gasteiger partial charge in [0.25, 0.3) is 0 Å². The van der Waals surface area contributed by atoms with Crippen molar-refractivity contribution < 1.29 is 0 Å². The van der Waals surface area contributed by atoms with Gasteiger partial charge < -0.3 is 14.7 Å². The van der Waals surface area contributed by atoms with Crippen molar-refractivity contribution in [2.24, 2.45) is 0 Å². The molecule has 0 N–H and O–H groups in total. The molecule has 0 fully saturated rings. The highest BCUT2D eigenvalue weighted by atomic mass is 15.2. The Labute approximate surface area is 446 Å². The highest BCUT2D eigenvalue weighted by Gasteiger charge is 2.52. The molecule has 3 aliphatic carbocycles. The second-order valence-corrected chi connectivity index (χ2v) is 22.1. The first-order valence-corrected chi connectivity index (χ1v) is 26.8. The van der Waals surface area contributed by atoms with E-state index in [0.717, 1.165) is 39.8 Å². The van der Waals surface area contributed by atoms with Crippen LogP contribution in [0.15, 0.2) is 261 Å². The Balaban J connectivity index is 0.982. The fraction of sp³-hybridized carbons (Fsp3) is 0.0959. The third-order valence-corrected chi connectivity index (χ3v) is 17.4. The van der Waals surface area contributed by atoms with Crippen molar-refractivity contribution in [1.82, 2.24) is 0 Å². The molecule has 3 nitrogen and oxygen atoms in total. The second kappa shape index (κ2) is 16.4. The molecule has 362 valence electrons. The van der Waals surface area contributed by atoms with Gasteiger partial charge in [-0.2, -0.15) is 0 Å². The maximum Gasteiger partial charge on any atom is 0.0755 e. The minimum absolute atomic E-state index is 0.152. The van der Waals surface area contributed by atoms with Gasteiger partial charge in [-0.25, -0.2) is 0 Å². The smallest absolute Gasteiger partial charge is 0.0755 e. The van der Waals surface area contributed by atoms with Crippen LogP contribution in [0.4, 0.5) is 51.2 Å². The molecule has 3 heteroatoms. The summed E-state index contributed by atoms with van der Waals surface area (Å²) in [6.45, 7) is 9.50. The summed E-state index contributed by atoms with van der Waals surface area (Å²) in [4.78, 5) is 7.43. The van der Waals surface area contributed by atoms with E-state index in [1.807, 2.05) is 0 Å². The number of hydrogen-bond acceptors (Lipinski definition) is 3. The molecular weight excluding hydrogens is 919 g/mol. The molecule has 0 unspecified atom stereocenters. The molecule has 1 heterocycles. The maximum absolute atomic E-state index is 2.52. The van der Waals surface area contributed by atoms with Crippen LogP contribution in [-0.4, -0.2) is 0 Å². The van der Waals surface area contributed by atoms with Crippen LogP contribution in [0.2, 0.25) is 0 Å². The second-order valence-electron chi connectivity index (χ2n) is 22.1. The van der Waals surface area contributed by atoms with Crippen LogP contribution in [0, 0.1) is 0 Å². The molecule has 0 saturated carbocycles. The van der Waals surface area contributed by atoms with E-state index in [4.69, 9.17) is 0 Å². The summed E-state index contributed by atoms with van der Waals surface area (Å²) in [6, 6.07) is 97.8. The minimum Gasteiger partial charge on any atom is -0.310 e. The standard InChI is InChI=1S/C73H55N3/c1-71(2)61-30-16-14-28-55(61)57-40-36-51(44-65(57)71)74(48-22-8-5-9-23-48)53-38-42-59-60-43-39-54(75(49-24-10-6-11-25-49)52-37-41-58-56-29-15-17-31-62(56)72(3,4)66(58)45-52)47-68(60)73(67(59)46-53)63-32-18-20-34-69(63)76(50-26-12-7-13-27-50)70-35-21-19-33-64(70)73/h5-47H,1-4H3. The molecule has 15 rings (SSSR count). The molecule has 1 spiro atoms. The Morgan fingerprint density at radius 1 is 0.250 bits per heavy atom. The van der Waals surface area contributed by atoms with Crippen molar-refractivity contribution in [2.45, 2.75) is 43.9 Å². The molecule has 0 radical (unpaired) electrons. The van der Waals surface area contributed by atoms with Gasteiger partial charge in [-0.15, -0.1) is 0 Å². The average Bonchev–Trinajstić information content (AvgIpc) is 4.15. The number of benzene rings is 11. The number of anilines is 9. The third-order valence-electron chi connectivity index (χ3n) is 17.4. The van der Waals surface area contributed by atoms with Gasteiger partial charge in [0.05, 0.1) is 16.8 Å². The number of fused-ring (bicyclic) bond motifs is 15. The molecule has 11 aromatic carbocycles. The zero-order valence-corrected chi connectivity index (χ0v) is 43.2. The minimum atomic E-state index is -0.719. The van der Waals surface area contributed by atoms with Crippen LogP contribution in [0.25, 0.3) is 33.4 Å². The summed E-state index contributed by atoms with van der Waals surface area (Å²) in [5.74, 6) is 0. The molecule has 0 bridgehead atoms. The van der Waals surface area contributed by atoms with Crippen LogP contribution in [0.1, 0.15) is 72.2 Å². The molecule has 1 aliphatic heterocycles. The molecule has 0 aromatic heterocycles. The van der Waals surface area contributed by atoms with Crippen LogP contribution >= 0.6 is 0 Å². The van der Waals surface area contributed by atoms with Gasteiger partial charge in [0.2, 0.25) is 0 Å². The molecule has 0 saturated heterocycles. The van der Waals surface area contributed by atoms with E-state index in [1.165, 1.54) is 89.3 Å². The molecule has 4 aliphatic rings. The average molecular weight is 974 g/mol. The quantitative estimate of drug-likeness (QED) is 0.158. The molecular formula is C73H55N3. The van der Waals surface area contributed by atoms with Gasteiger partial charge in [0, 0.05) is 50.6 Å². The van der Waals surface area contributed by atoms with Gasteiger partial charge in [0.1, 0.15) is 0 Å². The van der Waals surface area contributed by atoms with E-state index in [0.29, 0.717) is 0 Å². The van der Waals surface area contributed by atoms with E-state index in [-0.39, 0.29) is 10.8 Å². The lowest BCUT2D eigenvalue weighted by molar-refractivity contribution is 0.660. The van der Waals surface area contributed by atoms with Gasteiger partial charge >= 0.3 is 0 Å². The SMILES string of the molecule is CC1(C)c2ccccc2-c2ccc(N(c3ccccc3)c3ccc4c(c3)C3(c5cc(N(c6ccccc6)c6ccc7c(c6)C(C)(C)c6ccccc6-7)ccc5-4)c4ccccc4N(c4ccccc4)c4ccccc43)cc21. The molecule has 76 heavy (non-hydrogen) atoms. The summed E-state index contributed by atoms with van der Waals surface area (Å²) in [6.07, 6.45) is 0. The largest absolute Gasteiger partial charge is 0.310 e. The predicted molar refractivity (Wildman–Crippen MR) is 316 cm³/mol. The normalized spacial score (nSPS) is 14.9. The number of rotatable bonds is 7. The van der Waals surface area contributed by atoms with Crippen molar-refractivity contribution >= 4 is 51.2 Å². The van der Waals surface area contributed by atoms with Crippen molar-refractivity contribution in [1.29, 1.82) is 0 Å². The predicted octanol–water partition coefficient (Wildman–Crippen LogP) is 19.4. The highest BCUT2D eigenvalue weighted by molar-refractivity contribution is 5.99. The highest BCUT2D eigenvalue weighted by Crippen LogP contribution is 2.65. The Morgan fingerprint density at radius 3 is 0.961 bits per heavy atom. The topological polar surface area (TPSA) is 9.72 Å². The van der Waals surface area contributed by atoms with Crippen LogP contribution < -0.4 is 14.7 Å². The molecule has 0 amide bonds. The third kappa shape index (κ3) is 6.17. The summed E-state index contributed by atoms with van der Waals surface area (Å²) >= 11 is 0. The van der Waals surface area contributed by atoms with Crippen molar-refractivity contribution in [3.05, 3.63) is 305 Å². The lowest BCUT2D eigenvalue weighted by atomic mass is 9.64. The van der Waals surface area contributed by atoms with E-state index in [1.54, 1.807) is 0 Å². The number of hydrogen-bond donors (Lipinski definition) is 0. The van der Waals surface area contributed by atoms with Gasteiger partial charge in [-0.05, 0) is 175 Å². The van der Waals surface area contributed by atoms with E-state index >= 15 is 0 Å². The summed E-state index contributed by atoms with van der Waals surface area (Å²) < 4.78 is 0. The maximum atomic E-state index is 2.52. The monoisotopic (exact) mass is 973 g/mol. The van der Waals surface area contributed by atoms with Crippen LogP contribution in [0.3, 0.4) is 0 Å². The fourth-order valence-corrected chi connectivity index (χ4v) is 14.0. The summed E-state index contributed by atoms with van der Waals surface area (Å²) in [7, 11) is 0. The van der Waals surface area contributed by atoms with Crippen molar-refractivity contribution in [3.63, 3.8) is 0 Å². The molecule has 11 aromatic rings. The van der Waals surface area contributed by atoms with Gasteiger partial charge in [0.15, 0.2) is 0 Å². The Hall–Kier alpha value is -9.18. The zero-order chi connectivity index (χ0) is 50.9.